The van der Waals surface area contributed by atoms with Crippen LogP contribution in [0, 0.1) is 13.8 Å². The summed E-state index contributed by atoms with van der Waals surface area (Å²) < 4.78 is 7.37. The first-order valence-electron chi connectivity index (χ1n) is 6.06. The second-order valence-corrected chi connectivity index (χ2v) is 7.11. The number of carbonyl (C=O) groups excluding carboxylic acids is 1. The van der Waals surface area contributed by atoms with Crippen molar-refractivity contribution in [1.29, 1.82) is 0 Å². The molecule has 1 heterocycles. The molecule has 0 aliphatic heterocycles. The summed E-state index contributed by atoms with van der Waals surface area (Å²) in [5.41, 5.74) is 2.14. The molecular formula is C13H14BrN3O2S2. The highest BCUT2D eigenvalue weighted by atomic mass is 79.9. The highest BCUT2D eigenvalue weighted by Gasteiger charge is 2.09. The lowest BCUT2D eigenvalue weighted by Gasteiger charge is -2.09. The minimum Gasteiger partial charge on any atom is -0.484 e. The maximum atomic E-state index is 11.8. The number of aromatic nitrogens is 2. The maximum Gasteiger partial charge on any atom is 0.264 e. The van der Waals surface area contributed by atoms with Crippen LogP contribution in [0.5, 0.6) is 5.75 Å². The SMILES string of the molecule is CSc1nnc(NC(=O)COc2cc(C)c(Br)c(C)c2)s1. The lowest BCUT2D eigenvalue weighted by atomic mass is 10.1. The van der Waals surface area contributed by atoms with Crippen molar-refractivity contribution in [3.8, 4) is 5.75 Å². The van der Waals surface area contributed by atoms with E-state index in [9.17, 15) is 4.79 Å². The Kier molecular flexibility index (Phi) is 5.60. The molecule has 21 heavy (non-hydrogen) atoms. The number of rotatable bonds is 5. The van der Waals surface area contributed by atoms with Gasteiger partial charge in [-0.1, -0.05) is 39.0 Å². The van der Waals surface area contributed by atoms with Gasteiger partial charge in [0.25, 0.3) is 5.91 Å². The lowest BCUT2D eigenvalue weighted by molar-refractivity contribution is -0.118. The fourth-order valence-corrected chi connectivity index (χ4v) is 3.05. The highest BCUT2D eigenvalue weighted by Crippen LogP contribution is 2.26. The first-order valence-corrected chi connectivity index (χ1v) is 8.90. The van der Waals surface area contributed by atoms with E-state index >= 15 is 0 Å². The van der Waals surface area contributed by atoms with Crippen LogP contribution in [0.1, 0.15) is 11.1 Å². The molecular weight excluding hydrogens is 374 g/mol. The zero-order valence-electron chi connectivity index (χ0n) is 11.8. The second-order valence-electron chi connectivity index (χ2n) is 4.29. The molecule has 112 valence electrons. The van der Waals surface area contributed by atoms with Crippen molar-refractivity contribution in [2.75, 3.05) is 18.2 Å². The Bertz CT molecular complexity index is 638. The van der Waals surface area contributed by atoms with Crippen LogP contribution in [0.3, 0.4) is 0 Å². The van der Waals surface area contributed by atoms with E-state index in [2.05, 4.69) is 31.4 Å². The van der Waals surface area contributed by atoms with Gasteiger partial charge in [0.2, 0.25) is 5.13 Å². The molecule has 2 rings (SSSR count). The van der Waals surface area contributed by atoms with Crippen LogP contribution in [-0.2, 0) is 4.79 Å². The van der Waals surface area contributed by atoms with E-state index in [0.29, 0.717) is 10.9 Å². The first-order chi connectivity index (χ1) is 9.99. The molecule has 2 aromatic rings. The first kappa shape index (κ1) is 16.3. The third-order valence-corrected chi connectivity index (χ3v) is 5.67. The van der Waals surface area contributed by atoms with Crippen LogP contribution >= 0.6 is 39.0 Å². The van der Waals surface area contributed by atoms with E-state index in [1.165, 1.54) is 23.1 Å². The van der Waals surface area contributed by atoms with Crippen molar-refractivity contribution in [1.82, 2.24) is 10.2 Å². The molecule has 0 spiro atoms. The summed E-state index contributed by atoms with van der Waals surface area (Å²) in [7, 11) is 0. The zero-order chi connectivity index (χ0) is 15.4. The Morgan fingerprint density at radius 2 is 2.05 bits per heavy atom. The summed E-state index contributed by atoms with van der Waals surface area (Å²) in [6.45, 7) is 3.90. The number of nitrogens with zero attached hydrogens (tertiary/aromatic N) is 2. The Morgan fingerprint density at radius 3 is 2.62 bits per heavy atom. The smallest absolute Gasteiger partial charge is 0.264 e. The van der Waals surface area contributed by atoms with Crippen molar-refractivity contribution in [2.24, 2.45) is 0 Å². The van der Waals surface area contributed by atoms with Gasteiger partial charge in [0.1, 0.15) is 5.75 Å². The van der Waals surface area contributed by atoms with Gasteiger partial charge in [-0.2, -0.15) is 0 Å². The standard InChI is InChI=1S/C13H14BrN3O2S2/c1-7-4-9(5-8(2)11(7)14)19-6-10(18)15-12-16-17-13(20-3)21-12/h4-5H,6H2,1-3H3,(H,15,16,18). The molecule has 0 saturated heterocycles. The van der Waals surface area contributed by atoms with E-state index in [4.69, 9.17) is 4.74 Å². The average molecular weight is 388 g/mol. The molecule has 1 aromatic heterocycles. The largest absolute Gasteiger partial charge is 0.484 e. The van der Waals surface area contributed by atoms with Gasteiger partial charge in [-0.3, -0.25) is 10.1 Å². The summed E-state index contributed by atoms with van der Waals surface area (Å²) in [6, 6.07) is 3.78. The van der Waals surface area contributed by atoms with Crippen LogP contribution in [-0.4, -0.2) is 29.0 Å². The van der Waals surface area contributed by atoms with Crippen LogP contribution in [0.4, 0.5) is 5.13 Å². The lowest BCUT2D eigenvalue weighted by Crippen LogP contribution is -2.20. The number of carbonyl (C=O) groups is 1. The molecule has 1 aromatic carbocycles. The van der Waals surface area contributed by atoms with Crippen molar-refractivity contribution < 1.29 is 9.53 Å². The van der Waals surface area contributed by atoms with Crippen molar-refractivity contribution in [2.45, 2.75) is 18.2 Å². The number of anilines is 1. The number of amides is 1. The number of ether oxygens (including phenoxy) is 1. The second kappa shape index (κ2) is 7.24. The van der Waals surface area contributed by atoms with E-state index in [1.54, 1.807) is 0 Å². The predicted octanol–water partition coefficient (Wildman–Crippen LogP) is 3.66. The normalized spacial score (nSPS) is 10.5. The minimum absolute atomic E-state index is 0.0608. The molecule has 0 saturated carbocycles. The third kappa shape index (κ3) is 4.42. The molecule has 5 nitrogen and oxygen atoms in total. The number of aryl methyl sites for hydroxylation is 2. The third-order valence-electron chi connectivity index (χ3n) is 2.61. The molecule has 1 N–H and O–H groups in total. The monoisotopic (exact) mass is 387 g/mol. The number of thioether (sulfide) groups is 1. The van der Waals surface area contributed by atoms with Gasteiger partial charge in [-0.15, -0.1) is 10.2 Å². The molecule has 0 aliphatic carbocycles. The van der Waals surface area contributed by atoms with E-state index in [1.807, 2.05) is 32.2 Å². The summed E-state index contributed by atoms with van der Waals surface area (Å²) in [6.07, 6.45) is 1.91. The molecule has 0 atom stereocenters. The van der Waals surface area contributed by atoms with Crippen LogP contribution in [0.25, 0.3) is 0 Å². The Morgan fingerprint density at radius 1 is 1.38 bits per heavy atom. The van der Waals surface area contributed by atoms with Crippen LogP contribution in [0.2, 0.25) is 0 Å². The quantitative estimate of drug-likeness (QED) is 0.626. The van der Waals surface area contributed by atoms with Gasteiger partial charge in [0, 0.05) is 4.47 Å². The summed E-state index contributed by atoms with van der Waals surface area (Å²) in [4.78, 5) is 11.8. The zero-order valence-corrected chi connectivity index (χ0v) is 15.0. The van der Waals surface area contributed by atoms with Gasteiger partial charge in [0.05, 0.1) is 0 Å². The molecule has 1 amide bonds. The van der Waals surface area contributed by atoms with E-state index < -0.39 is 0 Å². The van der Waals surface area contributed by atoms with Gasteiger partial charge in [0.15, 0.2) is 10.9 Å². The van der Waals surface area contributed by atoms with Gasteiger partial charge >= 0.3 is 0 Å². The fraction of sp³-hybridized carbons (Fsp3) is 0.308. The molecule has 0 unspecified atom stereocenters. The fourth-order valence-electron chi connectivity index (χ4n) is 1.64. The van der Waals surface area contributed by atoms with Crippen molar-refractivity contribution in [3.05, 3.63) is 27.7 Å². The topological polar surface area (TPSA) is 64.1 Å². The van der Waals surface area contributed by atoms with E-state index in [0.717, 1.165) is 19.9 Å². The Balaban J connectivity index is 1.92. The number of hydrogen-bond acceptors (Lipinski definition) is 6. The molecule has 8 heteroatoms. The number of hydrogen-bond donors (Lipinski definition) is 1. The van der Waals surface area contributed by atoms with Crippen LogP contribution < -0.4 is 10.1 Å². The summed E-state index contributed by atoms with van der Waals surface area (Å²) in [5, 5.41) is 10.9. The van der Waals surface area contributed by atoms with Gasteiger partial charge < -0.3 is 4.74 Å². The Labute approximate surface area is 139 Å². The average Bonchev–Trinajstić information content (AvgIpc) is 2.90. The summed E-state index contributed by atoms with van der Waals surface area (Å²) >= 11 is 6.32. The number of halogens is 1. The van der Waals surface area contributed by atoms with E-state index in [-0.39, 0.29) is 12.5 Å². The van der Waals surface area contributed by atoms with Crippen molar-refractivity contribution in [3.63, 3.8) is 0 Å². The molecule has 0 bridgehead atoms. The maximum absolute atomic E-state index is 11.8. The van der Waals surface area contributed by atoms with Crippen molar-refractivity contribution >= 4 is 50.1 Å². The summed E-state index contributed by atoms with van der Waals surface area (Å²) in [5.74, 6) is 0.419. The number of benzene rings is 1. The predicted molar refractivity (Wildman–Crippen MR) is 89.4 cm³/mol. The molecule has 0 radical (unpaired) electrons. The highest BCUT2D eigenvalue weighted by molar-refractivity contribution is 9.10. The van der Waals surface area contributed by atoms with Gasteiger partial charge in [-0.05, 0) is 43.4 Å². The minimum atomic E-state index is -0.253. The molecule has 0 aliphatic rings. The van der Waals surface area contributed by atoms with Gasteiger partial charge in [-0.25, -0.2) is 0 Å². The number of nitrogens with one attached hydrogen (secondary N) is 1. The Hall–Kier alpha value is -1.12. The molecule has 0 fully saturated rings. The van der Waals surface area contributed by atoms with Crippen LogP contribution in [0.15, 0.2) is 20.9 Å².